The van der Waals surface area contributed by atoms with Crippen LogP contribution in [0.15, 0.2) is 18.2 Å². The number of rotatable bonds is 2. The summed E-state index contributed by atoms with van der Waals surface area (Å²) in [5.41, 5.74) is 3.57. The average Bonchev–Trinajstić information content (AvgIpc) is 3.13. The molecule has 0 saturated carbocycles. The van der Waals surface area contributed by atoms with Crippen LogP contribution in [0.5, 0.6) is 0 Å². The van der Waals surface area contributed by atoms with E-state index in [9.17, 15) is 4.79 Å². The molecule has 3 fully saturated rings. The molecule has 4 rings (SSSR count). The molecular formula is C20H29N3O. The molecule has 1 N–H and O–H groups in total. The maximum absolute atomic E-state index is 13.3. The highest BCUT2D eigenvalue weighted by Crippen LogP contribution is 2.41. The number of nitrogens with one attached hydrogen (secondary N) is 1. The number of carbonyl (C=O) groups excluding carboxylic acids is 1. The van der Waals surface area contributed by atoms with Crippen molar-refractivity contribution >= 4 is 17.3 Å². The Hall–Kier alpha value is -1.55. The van der Waals surface area contributed by atoms with Gasteiger partial charge in [0.2, 0.25) is 5.91 Å². The molecule has 1 spiro atoms. The van der Waals surface area contributed by atoms with Crippen LogP contribution in [0.4, 0.5) is 11.4 Å². The van der Waals surface area contributed by atoms with Crippen molar-refractivity contribution < 1.29 is 4.79 Å². The first-order valence-corrected chi connectivity index (χ1v) is 9.58. The van der Waals surface area contributed by atoms with Crippen molar-refractivity contribution in [3.8, 4) is 0 Å². The number of amides is 1. The van der Waals surface area contributed by atoms with Gasteiger partial charge >= 0.3 is 0 Å². The smallest absolute Gasteiger partial charge is 0.233 e. The predicted octanol–water partition coefficient (Wildman–Crippen LogP) is 3.09. The molecule has 4 nitrogen and oxygen atoms in total. The Morgan fingerprint density at radius 1 is 1.00 bits per heavy atom. The van der Waals surface area contributed by atoms with Gasteiger partial charge in [-0.3, -0.25) is 4.79 Å². The molecule has 4 heteroatoms. The Morgan fingerprint density at radius 2 is 1.75 bits per heavy atom. The summed E-state index contributed by atoms with van der Waals surface area (Å²) < 4.78 is 0. The molecule has 130 valence electrons. The van der Waals surface area contributed by atoms with Gasteiger partial charge in [-0.1, -0.05) is 0 Å². The van der Waals surface area contributed by atoms with Crippen molar-refractivity contribution in [3.05, 3.63) is 23.8 Å². The van der Waals surface area contributed by atoms with Crippen LogP contribution in [0.2, 0.25) is 0 Å². The second-order valence-corrected chi connectivity index (χ2v) is 7.76. The predicted molar refractivity (Wildman–Crippen MR) is 98.7 cm³/mol. The highest BCUT2D eigenvalue weighted by Gasteiger charge is 2.44. The van der Waals surface area contributed by atoms with Gasteiger partial charge in [0, 0.05) is 31.0 Å². The van der Waals surface area contributed by atoms with Crippen LogP contribution in [0.1, 0.15) is 44.1 Å². The van der Waals surface area contributed by atoms with E-state index in [1.807, 2.05) is 0 Å². The van der Waals surface area contributed by atoms with Gasteiger partial charge in [-0.15, -0.1) is 0 Å². The van der Waals surface area contributed by atoms with Gasteiger partial charge in [0.1, 0.15) is 0 Å². The van der Waals surface area contributed by atoms with E-state index in [4.69, 9.17) is 0 Å². The molecule has 0 aromatic heterocycles. The summed E-state index contributed by atoms with van der Waals surface area (Å²) in [5, 5.41) is 3.41. The van der Waals surface area contributed by atoms with Crippen molar-refractivity contribution in [1.29, 1.82) is 0 Å². The van der Waals surface area contributed by atoms with Crippen molar-refractivity contribution in [1.82, 2.24) is 5.32 Å². The highest BCUT2D eigenvalue weighted by molar-refractivity contribution is 5.99. The number of benzene rings is 1. The fourth-order valence-electron chi connectivity index (χ4n) is 4.78. The number of hydrogen-bond donors (Lipinski definition) is 1. The Kier molecular flexibility index (Phi) is 4.25. The fourth-order valence-corrected chi connectivity index (χ4v) is 4.78. The maximum atomic E-state index is 13.3. The van der Waals surface area contributed by atoms with E-state index < -0.39 is 0 Å². The molecule has 3 heterocycles. The van der Waals surface area contributed by atoms with Crippen LogP contribution in [-0.2, 0) is 4.79 Å². The van der Waals surface area contributed by atoms with Crippen molar-refractivity contribution in [2.75, 3.05) is 42.5 Å². The van der Waals surface area contributed by atoms with Crippen LogP contribution in [0, 0.1) is 12.3 Å². The van der Waals surface area contributed by atoms with Crippen LogP contribution in [0.3, 0.4) is 0 Å². The highest BCUT2D eigenvalue weighted by atomic mass is 16.2. The quantitative estimate of drug-likeness (QED) is 0.907. The molecule has 0 atom stereocenters. The normalized spacial score (nSPS) is 24.0. The lowest BCUT2D eigenvalue weighted by Gasteiger charge is -2.44. The van der Waals surface area contributed by atoms with Gasteiger partial charge in [0.25, 0.3) is 0 Å². The van der Waals surface area contributed by atoms with E-state index in [1.165, 1.54) is 24.1 Å². The summed E-state index contributed by atoms with van der Waals surface area (Å²) in [6, 6.07) is 6.67. The first-order chi connectivity index (χ1) is 11.7. The minimum Gasteiger partial charge on any atom is -0.372 e. The van der Waals surface area contributed by atoms with Gasteiger partial charge in [0.05, 0.1) is 5.41 Å². The molecule has 0 bridgehead atoms. The first kappa shape index (κ1) is 15.9. The van der Waals surface area contributed by atoms with E-state index in [0.29, 0.717) is 5.91 Å². The molecule has 24 heavy (non-hydrogen) atoms. The lowest BCUT2D eigenvalue weighted by Crippen LogP contribution is -2.53. The average molecular weight is 327 g/mol. The molecular weight excluding hydrogens is 298 g/mol. The Morgan fingerprint density at radius 3 is 2.46 bits per heavy atom. The van der Waals surface area contributed by atoms with Crippen molar-refractivity contribution in [2.24, 2.45) is 5.41 Å². The zero-order valence-corrected chi connectivity index (χ0v) is 14.8. The second-order valence-electron chi connectivity index (χ2n) is 7.76. The molecule has 0 unspecified atom stereocenters. The molecule has 0 aliphatic carbocycles. The summed E-state index contributed by atoms with van der Waals surface area (Å²) in [5.74, 6) is 0.368. The molecule has 3 aliphatic rings. The fraction of sp³-hybridized carbons (Fsp3) is 0.650. The molecule has 0 radical (unpaired) electrons. The van der Waals surface area contributed by atoms with Crippen molar-refractivity contribution in [3.63, 3.8) is 0 Å². The standard InChI is InChI=1S/C20H29N3O/c1-16-15-17(22-12-2-3-13-22)5-6-18(16)23-14-4-7-20(19(23)24)8-10-21-11-9-20/h5-6,15,21H,2-4,7-14H2,1H3. The third-order valence-electron chi connectivity index (χ3n) is 6.24. The molecule has 1 aromatic carbocycles. The summed E-state index contributed by atoms with van der Waals surface area (Å²) >= 11 is 0. The third kappa shape index (κ3) is 2.71. The summed E-state index contributed by atoms with van der Waals surface area (Å²) in [7, 11) is 0. The van der Waals surface area contributed by atoms with Gasteiger partial charge in [-0.2, -0.15) is 0 Å². The van der Waals surface area contributed by atoms with Gasteiger partial charge in [-0.05, 0) is 82.3 Å². The largest absolute Gasteiger partial charge is 0.372 e. The van der Waals surface area contributed by atoms with Crippen LogP contribution in [-0.4, -0.2) is 38.6 Å². The molecule has 3 aliphatic heterocycles. The van der Waals surface area contributed by atoms with E-state index in [0.717, 1.165) is 64.1 Å². The minimum absolute atomic E-state index is 0.108. The summed E-state index contributed by atoms with van der Waals surface area (Å²) in [6.45, 7) is 7.32. The minimum atomic E-state index is -0.108. The Labute approximate surface area is 145 Å². The monoisotopic (exact) mass is 327 g/mol. The first-order valence-electron chi connectivity index (χ1n) is 9.58. The van der Waals surface area contributed by atoms with Gasteiger partial charge < -0.3 is 15.1 Å². The van der Waals surface area contributed by atoms with E-state index in [2.05, 4.69) is 40.2 Å². The lowest BCUT2D eigenvalue weighted by molar-refractivity contribution is -0.132. The molecule has 3 saturated heterocycles. The lowest BCUT2D eigenvalue weighted by atomic mass is 9.72. The number of aryl methyl sites for hydroxylation is 1. The second kappa shape index (κ2) is 6.40. The van der Waals surface area contributed by atoms with E-state index in [-0.39, 0.29) is 5.41 Å². The zero-order chi connectivity index (χ0) is 16.6. The number of carbonyl (C=O) groups is 1. The summed E-state index contributed by atoms with van der Waals surface area (Å²) in [4.78, 5) is 17.8. The summed E-state index contributed by atoms with van der Waals surface area (Å²) in [6.07, 6.45) is 6.76. The number of hydrogen-bond acceptors (Lipinski definition) is 3. The zero-order valence-electron chi connectivity index (χ0n) is 14.8. The topological polar surface area (TPSA) is 35.6 Å². The maximum Gasteiger partial charge on any atom is 0.233 e. The molecule has 1 aromatic rings. The van der Waals surface area contributed by atoms with E-state index >= 15 is 0 Å². The number of piperidine rings is 2. The van der Waals surface area contributed by atoms with E-state index in [1.54, 1.807) is 0 Å². The molecule has 1 amide bonds. The van der Waals surface area contributed by atoms with Gasteiger partial charge in [-0.25, -0.2) is 0 Å². The van der Waals surface area contributed by atoms with Crippen LogP contribution in [0.25, 0.3) is 0 Å². The van der Waals surface area contributed by atoms with Crippen molar-refractivity contribution in [2.45, 2.75) is 45.4 Å². The third-order valence-corrected chi connectivity index (χ3v) is 6.24. The van der Waals surface area contributed by atoms with Gasteiger partial charge in [0.15, 0.2) is 0 Å². The number of nitrogens with zero attached hydrogens (tertiary/aromatic N) is 2. The Balaban J connectivity index is 1.59. The van der Waals surface area contributed by atoms with Crippen LogP contribution >= 0.6 is 0 Å². The Bertz CT molecular complexity index is 610. The van der Waals surface area contributed by atoms with Crippen LogP contribution < -0.4 is 15.1 Å². The number of anilines is 2. The SMILES string of the molecule is Cc1cc(N2CCCC2)ccc1N1CCCC2(CCNCC2)C1=O.